The van der Waals surface area contributed by atoms with E-state index in [1.807, 2.05) is 0 Å². The normalized spacial score (nSPS) is 8.36. The maximum absolute atomic E-state index is 10.5. The van der Waals surface area contributed by atoms with E-state index in [0.717, 1.165) is 0 Å². The van der Waals surface area contributed by atoms with Crippen LogP contribution < -0.4 is 57.1 Å². The van der Waals surface area contributed by atoms with Gasteiger partial charge in [0.2, 0.25) is 5.91 Å². The van der Waals surface area contributed by atoms with Gasteiger partial charge in [-0.25, -0.2) is 0 Å². The minimum absolute atomic E-state index is 0. The molecular formula is C7H8KNO2. The van der Waals surface area contributed by atoms with Crippen molar-refractivity contribution in [2.45, 2.75) is 0 Å². The summed E-state index contributed by atoms with van der Waals surface area (Å²) in [5.41, 5.74) is 5.34. The molecule has 0 aliphatic rings. The summed E-state index contributed by atoms with van der Waals surface area (Å²) in [5, 5.41) is 8.79. The SMILES string of the molecule is NC(=O)c1ccc(O)cc1.[H-].[K+]. The summed E-state index contributed by atoms with van der Waals surface area (Å²) in [6.45, 7) is 0. The number of primary amides is 1. The van der Waals surface area contributed by atoms with Gasteiger partial charge in [-0.2, -0.15) is 0 Å². The van der Waals surface area contributed by atoms with Crippen LogP contribution in [0.2, 0.25) is 0 Å². The summed E-state index contributed by atoms with van der Waals surface area (Å²) in [4.78, 5) is 10.5. The summed E-state index contributed by atoms with van der Waals surface area (Å²) in [6, 6.07) is 5.77. The predicted molar refractivity (Wildman–Crippen MR) is 37.7 cm³/mol. The van der Waals surface area contributed by atoms with Gasteiger partial charge in [0, 0.05) is 5.56 Å². The Bertz CT molecular complexity index is 250. The Kier molecular flexibility index (Phi) is 4.95. The number of benzene rings is 1. The van der Waals surface area contributed by atoms with Gasteiger partial charge in [-0.15, -0.1) is 0 Å². The quantitative estimate of drug-likeness (QED) is 0.470. The monoisotopic (exact) mass is 177 g/mol. The average Bonchev–Trinajstić information content (AvgIpc) is 1.88. The number of phenolic OH excluding ortho intramolecular Hbond substituents is 1. The van der Waals surface area contributed by atoms with Crippen molar-refractivity contribution in [2.75, 3.05) is 0 Å². The standard InChI is InChI=1S/C7H7NO2.K.H/c8-7(10)5-1-3-6(9)4-2-5;;/h1-4,9H,(H2,8,10);;/q;+1;-1. The van der Waals surface area contributed by atoms with E-state index in [-0.39, 0.29) is 58.6 Å². The number of rotatable bonds is 1. The van der Waals surface area contributed by atoms with E-state index >= 15 is 0 Å². The largest absolute Gasteiger partial charge is 1.00 e. The second kappa shape index (κ2) is 4.90. The van der Waals surface area contributed by atoms with E-state index in [1.54, 1.807) is 0 Å². The number of nitrogens with two attached hydrogens (primary N) is 1. The van der Waals surface area contributed by atoms with Crippen molar-refractivity contribution in [3.63, 3.8) is 0 Å². The molecule has 0 saturated carbocycles. The fraction of sp³-hybridized carbons (Fsp3) is 0. The van der Waals surface area contributed by atoms with Crippen molar-refractivity contribution >= 4 is 5.91 Å². The average molecular weight is 177 g/mol. The third-order valence-electron chi connectivity index (χ3n) is 1.15. The number of aromatic hydroxyl groups is 1. The molecule has 0 aromatic heterocycles. The summed E-state index contributed by atoms with van der Waals surface area (Å²) in [7, 11) is 0. The maximum Gasteiger partial charge on any atom is 1.00 e. The molecular weight excluding hydrogens is 169 g/mol. The summed E-state index contributed by atoms with van der Waals surface area (Å²) in [6.07, 6.45) is 0. The summed E-state index contributed by atoms with van der Waals surface area (Å²) >= 11 is 0. The van der Waals surface area contributed by atoms with Crippen molar-refractivity contribution < 1.29 is 62.7 Å². The minimum atomic E-state index is -0.486. The van der Waals surface area contributed by atoms with Crippen LogP contribution in [-0.4, -0.2) is 11.0 Å². The van der Waals surface area contributed by atoms with Gasteiger partial charge in [0.15, 0.2) is 0 Å². The van der Waals surface area contributed by atoms with Gasteiger partial charge >= 0.3 is 51.4 Å². The van der Waals surface area contributed by atoms with Crippen LogP contribution in [0.25, 0.3) is 0 Å². The third kappa shape index (κ3) is 3.35. The summed E-state index contributed by atoms with van der Waals surface area (Å²) < 4.78 is 0. The molecule has 0 radical (unpaired) electrons. The van der Waals surface area contributed by atoms with E-state index in [1.165, 1.54) is 24.3 Å². The molecule has 0 unspecified atom stereocenters. The molecule has 1 amide bonds. The zero-order chi connectivity index (χ0) is 7.56. The van der Waals surface area contributed by atoms with Gasteiger partial charge < -0.3 is 12.3 Å². The number of hydrogen-bond acceptors (Lipinski definition) is 2. The van der Waals surface area contributed by atoms with Crippen LogP contribution in [0.15, 0.2) is 24.3 Å². The van der Waals surface area contributed by atoms with E-state index in [4.69, 9.17) is 10.8 Å². The molecule has 0 bridgehead atoms. The molecule has 1 aromatic carbocycles. The zero-order valence-electron chi connectivity index (χ0n) is 7.24. The van der Waals surface area contributed by atoms with Crippen molar-refractivity contribution in [3.8, 4) is 5.75 Å². The number of amides is 1. The molecule has 54 valence electrons. The van der Waals surface area contributed by atoms with Crippen LogP contribution in [0, 0.1) is 0 Å². The van der Waals surface area contributed by atoms with Crippen LogP contribution in [0.3, 0.4) is 0 Å². The number of phenols is 1. The summed E-state index contributed by atoms with van der Waals surface area (Å²) in [5.74, 6) is -0.356. The topological polar surface area (TPSA) is 63.3 Å². The van der Waals surface area contributed by atoms with E-state index in [2.05, 4.69) is 0 Å². The molecule has 0 fully saturated rings. The first kappa shape index (κ1) is 11.1. The van der Waals surface area contributed by atoms with Crippen molar-refractivity contribution in [1.29, 1.82) is 0 Å². The second-order valence-corrected chi connectivity index (χ2v) is 1.91. The molecule has 0 saturated heterocycles. The van der Waals surface area contributed by atoms with Crippen LogP contribution in [-0.2, 0) is 0 Å². The second-order valence-electron chi connectivity index (χ2n) is 1.91. The van der Waals surface area contributed by atoms with E-state index < -0.39 is 5.91 Å². The molecule has 3 N–H and O–H groups in total. The number of hydrogen-bond donors (Lipinski definition) is 2. The Morgan fingerprint density at radius 1 is 1.36 bits per heavy atom. The molecule has 0 spiro atoms. The molecule has 11 heavy (non-hydrogen) atoms. The molecule has 0 heterocycles. The van der Waals surface area contributed by atoms with E-state index in [0.29, 0.717) is 5.56 Å². The molecule has 0 atom stereocenters. The van der Waals surface area contributed by atoms with Crippen LogP contribution >= 0.6 is 0 Å². The fourth-order valence-corrected chi connectivity index (χ4v) is 0.626. The Labute approximate surface area is 108 Å². The Morgan fingerprint density at radius 3 is 2.18 bits per heavy atom. The smallest absolute Gasteiger partial charge is 1.00 e. The maximum atomic E-state index is 10.5. The third-order valence-corrected chi connectivity index (χ3v) is 1.15. The number of carbonyl (C=O) groups excluding carboxylic acids is 1. The first-order chi connectivity index (χ1) is 4.70. The molecule has 0 aliphatic carbocycles. The molecule has 4 heteroatoms. The van der Waals surface area contributed by atoms with Gasteiger partial charge in [0.25, 0.3) is 0 Å². The number of carbonyl (C=O) groups is 1. The first-order valence-electron chi connectivity index (χ1n) is 2.79. The van der Waals surface area contributed by atoms with Gasteiger partial charge in [0.05, 0.1) is 0 Å². The van der Waals surface area contributed by atoms with Gasteiger partial charge in [-0.3, -0.25) is 4.79 Å². The Morgan fingerprint density at radius 2 is 1.82 bits per heavy atom. The minimum Gasteiger partial charge on any atom is -1.00 e. The fourth-order valence-electron chi connectivity index (χ4n) is 0.626. The van der Waals surface area contributed by atoms with E-state index in [9.17, 15) is 4.79 Å². The van der Waals surface area contributed by atoms with Gasteiger partial charge in [0.1, 0.15) is 5.75 Å². The van der Waals surface area contributed by atoms with Gasteiger partial charge in [-0.05, 0) is 24.3 Å². The van der Waals surface area contributed by atoms with Crippen LogP contribution in [0.4, 0.5) is 0 Å². The van der Waals surface area contributed by atoms with Crippen molar-refractivity contribution in [3.05, 3.63) is 29.8 Å². The Hall–Kier alpha value is 0.126. The molecule has 3 nitrogen and oxygen atoms in total. The zero-order valence-corrected chi connectivity index (χ0v) is 9.37. The molecule has 1 aromatic rings. The van der Waals surface area contributed by atoms with Crippen molar-refractivity contribution in [1.82, 2.24) is 0 Å². The van der Waals surface area contributed by atoms with Crippen molar-refractivity contribution in [2.24, 2.45) is 5.73 Å². The predicted octanol–water partition coefficient (Wildman–Crippen LogP) is -2.39. The first-order valence-corrected chi connectivity index (χ1v) is 2.79. The Balaban J connectivity index is 0. The van der Waals surface area contributed by atoms with Gasteiger partial charge in [-0.1, -0.05) is 0 Å². The molecule has 1 rings (SSSR count). The van der Waals surface area contributed by atoms with Crippen LogP contribution in [0.5, 0.6) is 5.75 Å². The van der Waals surface area contributed by atoms with Crippen LogP contribution in [0.1, 0.15) is 11.8 Å². The molecule has 0 aliphatic heterocycles.